The van der Waals surface area contributed by atoms with Crippen LogP contribution >= 0.6 is 11.3 Å². The summed E-state index contributed by atoms with van der Waals surface area (Å²) < 4.78 is 1.30. The topological polar surface area (TPSA) is 81.1 Å². The Kier molecular flexibility index (Phi) is 5.29. The summed E-state index contributed by atoms with van der Waals surface area (Å²) in [6.45, 7) is 3.30. The SMILES string of the molecule is CC(=O)c1cccc(NC(=O)Cn2cnc3scc(-c4ccc(C)cc4)c3c2=O)c1. The van der Waals surface area contributed by atoms with Gasteiger partial charge in [-0.1, -0.05) is 42.0 Å². The minimum absolute atomic E-state index is 0.0851. The van der Waals surface area contributed by atoms with E-state index in [9.17, 15) is 14.4 Å². The number of amides is 1. The summed E-state index contributed by atoms with van der Waals surface area (Å²) in [6.07, 6.45) is 1.39. The quantitative estimate of drug-likeness (QED) is 0.492. The van der Waals surface area contributed by atoms with Crippen LogP contribution in [0.25, 0.3) is 21.3 Å². The van der Waals surface area contributed by atoms with Crippen molar-refractivity contribution < 1.29 is 9.59 Å². The fraction of sp³-hybridized carbons (Fsp3) is 0.130. The average molecular weight is 417 g/mol. The first-order chi connectivity index (χ1) is 14.4. The van der Waals surface area contributed by atoms with E-state index in [0.29, 0.717) is 21.5 Å². The van der Waals surface area contributed by atoms with Crippen molar-refractivity contribution >= 4 is 38.9 Å². The van der Waals surface area contributed by atoms with Gasteiger partial charge < -0.3 is 5.32 Å². The number of Topliss-reactive ketones (excluding diaryl/α,β-unsaturated/α-hetero) is 1. The molecule has 0 unspecified atom stereocenters. The summed E-state index contributed by atoms with van der Waals surface area (Å²) in [4.78, 5) is 42.1. The highest BCUT2D eigenvalue weighted by Gasteiger charge is 2.15. The Labute approximate surface area is 176 Å². The molecule has 2 aromatic carbocycles. The summed E-state index contributed by atoms with van der Waals surface area (Å²) in [5, 5.41) is 5.16. The summed E-state index contributed by atoms with van der Waals surface area (Å²) in [7, 11) is 0. The number of carbonyl (C=O) groups excluding carboxylic acids is 2. The van der Waals surface area contributed by atoms with Crippen molar-refractivity contribution in [3.8, 4) is 11.1 Å². The van der Waals surface area contributed by atoms with Crippen LogP contribution in [0.15, 0.2) is 65.0 Å². The van der Waals surface area contributed by atoms with Crippen LogP contribution in [0.2, 0.25) is 0 Å². The summed E-state index contributed by atoms with van der Waals surface area (Å²) in [5.41, 5.74) is 3.65. The lowest BCUT2D eigenvalue weighted by atomic mass is 10.1. The number of benzene rings is 2. The van der Waals surface area contributed by atoms with Gasteiger partial charge in [0.05, 0.1) is 11.7 Å². The van der Waals surface area contributed by atoms with Crippen LogP contribution in [0.3, 0.4) is 0 Å². The van der Waals surface area contributed by atoms with Crippen molar-refractivity contribution in [2.75, 3.05) is 5.32 Å². The van der Waals surface area contributed by atoms with E-state index in [2.05, 4.69) is 10.3 Å². The van der Waals surface area contributed by atoms with E-state index in [1.807, 2.05) is 36.6 Å². The second kappa shape index (κ2) is 8.04. The van der Waals surface area contributed by atoms with E-state index >= 15 is 0 Å². The zero-order valence-electron chi connectivity index (χ0n) is 16.5. The van der Waals surface area contributed by atoms with Gasteiger partial charge in [-0.2, -0.15) is 0 Å². The molecule has 0 aliphatic heterocycles. The fourth-order valence-corrected chi connectivity index (χ4v) is 4.10. The lowest BCUT2D eigenvalue weighted by Gasteiger charge is -2.08. The monoisotopic (exact) mass is 417 g/mol. The fourth-order valence-electron chi connectivity index (χ4n) is 3.20. The molecule has 7 heteroatoms. The number of rotatable bonds is 5. The molecule has 0 atom stereocenters. The number of aryl methyl sites for hydroxylation is 1. The van der Waals surface area contributed by atoms with Gasteiger partial charge in [-0.15, -0.1) is 11.3 Å². The number of anilines is 1. The Balaban J connectivity index is 1.62. The predicted molar refractivity (Wildman–Crippen MR) is 119 cm³/mol. The van der Waals surface area contributed by atoms with Crippen molar-refractivity contribution in [1.29, 1.82) is 0 Å². The summed E-state index contributed by atoms with van der Waals surface area (Å²) >= 11 is 1.40. The van der Waals surface area contributed by atoms with Gasteiger partial charge >= 0.3 is 0 Å². The van der Waals surface area contributed by atoms with Crippen molar-refractivity contribution in [1.82, 2.24) is 9.55 Å². The summed E-state index contributed by atoms with van der Waals surface area (Å²) in [6, 6.07) is 14.6. The van der Waals surface area contributed by atoms with E-state index in [0.717, 1.165) is 16.7 Å². The van der Waals surface area contributed by atoms with Crippen LogP contribution in [-0.2, 0) is 11.3 Å². The van der Waals surface area contributed by atoms with Gasteiger partial charge in [0.15, 0.2) is 5.78 Å². The molecule has 150 valence electrons. The normalized spacial score (nSPS) is 10.9. The number of nitrogens with one attached hydrogen (secondary N) is 1. The molecule has 0 aliphatic rings. The zero-order valence-corrected chi connectivity index (χ0v) is 17.3. The third-order valence-corrected chi connectivity index (χ3v) is 5.68. The lowest BCUT2D eigenvalue weighted by Crippen LogP contribution is -2.27. The smallest absolute Gasteiger partial charge is 0.263 e. The van der Waals surface area contributed by atoms with E-state index in [-0.39, 0.29) is 23.8 Å². The lowest BCUT2D eigenvalue weighted by molar-refractivity contribution is -0.116. The first-order valence-electron chi connectivity index (χ1n) is 9.37. The minimum atomic E-state index is -0.369. The maximum absolute atomic E-state index is 13.1. The van der Waals surface area contributed by atoms with Crippen LogP contribution in [0.5, 0.6) is 0 Å². The number of fused-ring (bicyclic) bond motifs is 1. The second-order valence-corrected chi connectivity index (χ2v) is 7.92. The first-order valence-corrected chi connectivity index (χ1v) is 10.2. The molecule has 2 aromatic heterocycles. The molecule has 0 radical (unpaired) electrons. The molecule has 0 saturated heterocycles. The molecule has 30 heavy (non-hydrogen) atoms. The maximum atomic E-state index is 13.1. The molecule has 0 fully saturated rings. The second-order valence-electron chi connectivity index (χ2n) is 7.06. The third-order valence-electron chi connectivity index (χ3n) is 4.79. The van der Waals surface area contributed by atoms with E-state index in [4.69, 9.17) is 0 Å². The van der Waals surface area contributed by atoms with Crippen LogP contribution in [-0.4, -0.2) is 21.2 Å². The van der Waals surface area contributed by atoms with E-state index in [1.165, 1.54) is 29.2 Å². The third kappa shape index (κ3) is 3.92. The molecule has 4 aromatic rings. The first kappa shape index (κ1) is 19.7. The standard InChI is InChI=1S/C23H19N3O3S/c1-14-6-8-16(9-7-14)19-12-30-22-21(19)23(29)26(13-24-22)11-20(28)25-18-5-3-4-17(10-18)15(2)27/h3-10,12-13H,11H2,1-2H3,(H,25,28). The van der Waals surface area contributed by atoms with Crippen molar-refractivity contribution in [2.45, 2.75) is 20.4 Å². The Bertz CT molecular complexity index is 1320. The molecule has 0 aliphatic carbocycles. The molecule has 4 rings (SSSR count). The molecule has 0 saturated carbocycles. The maximum Gasteiger partial charge on any atom is 0.263 e. The number of hydrogen-bond acceptors (Lipinski definition) is 5. The number of ketones is 1. The van der Waals surface area contributed by atoms with Gasteiger partial charge in [0.2, 0.25) is 5.91 Å². The highest BCUT2D eigenvalue weighted by atomic mass is 32.1. The number of carbonyl (C=O) groups is 2. The Hall–Kier alpha value is -3.58. The van der Waals surface area contributed by atoms with Crippen molar-refractivity contribution in [3.63, 3.8) is 0 Å². The molecular weight excluding hydrogens is 398 g/mol. The molecule has 0 bridgehead atoms. The van der Waals surface area contributed by atoms with Crippen LogP contribution in [0, 0.1) is 6.92 Å². The predicted octanol–water partition coefficient (Wildman–Crippen LogP) is 4.27. The van der Waals surface area contributed by atoms with Gasteiger partial charge in [-0.3, -0.25) is 19.0 Å². The van der Waals surface area contributed by atoms with Crippen LogP contribution in [0.4, 0.5) is 5.69 Å². The number of hydrogen-bond donors (Lipinski definition) is 1. The molecule has 2 heterocycles. The van der Waals surface area contributed by atoms with Gasteiger partial charge in [0.25, 0.3) is 5.56 Å². The van der Waals surface area contributed by atoms with Gasteiger partial charge in [0, 0.05) is 22.2 Å². The Morgan fingerprint density at radius 2 is 1.90 bits per heavy atom. The van der Waals surface area contributed by atoms with E-state index in [1.54, 1.807) is 24.3 Å². The average Bonchev–Trinajstić information content (AvgIpc) is 3.16. The molecule has 0 spiro atoms. The number of aromatic nitrogens is 2. The molecule has 6 nitrogen and oxygen atoms in total. The van der Waals surface area contributed by atoms with Gasteiger partial charge in [-0.25, -0.2) is 4.98 Å². The van der Waals surface area contributed by atoms with Gasteiger partial charge in [0.1, 0.15) is 11.4 Å². The Morgan fingerprint density at radius 3 is 2.63 bits per heavy atom. The number of thiophene rings is 1. The van der Waals surface area contributed by atoms with Crippen molar-refractivity contribution in [3.05, 3.63) is 81.7 Å². The number of nitrogens with zero attached hydrogens (tertiary/aromatic N) is 2. The Morgan fingerprint density at radius 1 is 1.13 bits per heavy atom. The highest BCUT2D eigenvalue weighted by molar-refractivity contribution is 7.17. The molecular formula is C23H19N3O3S. The van der Waals surface area contributed by atoms with Gasteiger partial charge in [-0.05, 0) is 31.5 Å². The largest absolute Gasteiger partial charge is 0.325 e. The zero-order chi connectivity index (χ0) is 21.3. The minimum Gasteiger partial charge on any atom is -0.325 e. The highest BCUT2D eigenvalue weighted by Crippen LogP contribution is 2.30. The van der Waals surface area contributed by atoms with Crippen LogP contribution in [0.1, 0.15) is 22.8 Å². The molecule has 1 amide bonds. The van der Waals surface area contributed by atoms with E-state index < -0.39 is 0 Å². The molecule has 1 N–H and O–H groups in total. The van der Waals surface area contributed by atoms with Crippen molar-refractivity contribution in [2.24, 2.45) is 0 Å². The summed E-state index contributed by atoms with van der Waals surface area (Å²) in [5.74, 6) is -0.455. The van der Waals surface area contributed by atoms with Crippen LogP contribution < -0.4 is 10.9 Å².